The van der Waals surface area contributed by atoms with Crippen LogP contribution in [0.15, 0.2) is 30.5 Å². The third-order valence-electron chi connectivity index (χ3n) is 3.10. The second-order valence-electron chi connectivity index (χ2n) is 4.32. The van der Waals surface area contributed by atoms with E-state index in [9.17, 15) is 0 Å². The molecule has 0 bridgehead atoms. The minimum atomic E-state index is 0.0700. The number of nitrogens with one attached hydrogen (secondary N) is 1. The van der Waals surface area contributed by atoms with Crippen molar-refractivity contribution in [2.45, 2.75) is 26.4 Å². The van der Waals surface area contributed by atoms with E-state index in [0.29, 0.717) is 0 Å². The first-order valence-corrected chi connectivity index (χ1v) is 6.50. The fourth-order valence-electron chi connectivity index (χ4n) is 2.18. The van der Waals surface area contributed by atoms with Gasteiger partial charge >= 0.3 is 0 Å². The van der Waals surface area contributed by atoms with Gasteiger partial charge in [-0.1, -0.05) is 23.7 Å². The number of hydrogen-bond donors (Lipinski definition) is 1. The summed E-state index contributed by atoms with van der Waals surface area (Å²) in [5.41, 5.74) is 3.38. The minimum absolute atomic E-state index is 0.0700. The molecule has 1 unspecified atom stereocenters. The summed E-state index contributed by atoms with van der Waals surface area (Å²) in [5, 5.41) is 8.41. The van der Waals surface area contributed by atoms with Crippen molar-refractivity contribution in [3.05, 3.63) is 52.3 Å². The van der Waals surface area contributed by atoms with Crippen LogP contribution in [0.5, 0.6) is 0 Å². The maximum absolute atomic E-state index is 6.35. The Bertz CT molecular complexity index is 534. The van der Waals surface area contributed by atoms with E-state index >= 15 is 0 Å². The molecule has 1 atom stereocenters. The van der Waals surface area contributed by atoms with Gasteiger partial charge in [0.2, 0.25) is 0 Å². The summed E-state index contributed by atoms with van der Waals surface area (Å²) in [4.78, 5) is 0. The molecule has 0 saturated heterocycles. The Labute approximate surface area is 113 Å². The van der Waals surface area contributed by atoms with Gasteiger partial charge in [0.25, 0.3) is 0 Å². The fraction of sp³-hybridized carbons (Fsp3) is 0.357. The van der Waals surface area contributed by atoms with E-state index in [1.807, 2.05) is 37.0 Å². The Kier molecular flexibility index (Phi) is 4.04. The van der Waals surface area contributed by atoms with Crippen molar-refractivity contribution in [1.82, 2.24) is 15.1 Å². The molecule has 3 nitrogen and oxygen atoms in total. The smallest absolute Gasteiger partial charge is 0.0760 e. The van der Waals surface area contributed by atoms with Crippen molar-refractivity contribution in [1.29, 1.82) is 0 Å². The van der Waals surface area contributed by atoms with Crippen LogP contribution in [0.25, 0.3) is 0 Å². The summed E-state index contributed by atoms with van der Waals surface area (Å²) in [6, 6.07) is 8.25. The van der Waals surface area contributed by atoms with Gasteiger partial charge < -0.3 is 5.32 Å². The predicted molar refractivity (Wildman–Crippen MR) is 75.0 cm³/mol. The third kappa shape index (κ3) is 2.42. The molecule has 0 aliphatic heterocycles. The highest BCUT2D eigenvalue weighted by atomic mass is 35.5. The summed E-state index contributed by atoms with van der Waals surface area (Å²) < 4.78 is 1.98. The number of nitrogens with zero attached hydrogens (tertiary/aromatic N) is 2. The van der Waals surface area contributed by atoms with E-state index in [4.69, 9.17) is 11.6 Å². The van der Waals surface area contributed by atoms with Gasteiger partial charge in [0.05, 0.1) is 11.7 Å². The molecule has 0 saturated carbocycles. The van der Waals surface area contributed by atoms with Crippen LogP contribution in [0.4, 0.5) is 0 Å². The highest BCUT2D eigenvalue weighted by molar-refractivity contribution is 6.31. The molecule has 4 heteroatoms. The molecular weight excluding hydrogens is 246 g/mol. The van der Waals surface area contributed by atoms with Gasteiger partial charge in [-0.2, -0.15) is 5.10 Å². The van der Waals surface area contributed by atoms with Crippen LogP contribution in [0.3, 0.4) is 0 Å². The maximum Gasteiger partial charge on any atom is 0.0760 e. The molecule has 1 N–H and O–H groups in total. The lowest BCUT2D eigenvalue weighted by molar-refractivity contribution is 0.563. The van der Waals surface area contributed by atoms with Gasteiger partial charge in [-0.25, -0.2) is 0 Å². The quantitative estimate of drug-likeness (QED) is 0.918. The Morgan fingerprint density at radius 2 is 2.17 bits per heavy atom. The van der Waals surface area contributed by atoms with Crippen molar-refractivity contribution in [3.8, 4) is 0 Å². The molecule has 0 amide bonds. The molecule has 1 aromatic carbocycles. The zero-order valence-electron chi connectivity index (χ0n) is 10.9. The average molecular weight is 264 g/mol. The van der Waals surface area contributed by atoms with Crippen molar-refractivity contribution >= 4 is 11.6 Å². The highest BCUT2D eigenvalue weighted by Gasteiger charge is 2.18. The van der Waals surface area contributed by atoms with Crippen LogP contribution < -0.4 is 5.32 Å². The summed E-state index contributed by atoms with van der Waals surface area (Å²) in [7, 11) is 1.94. The lowest BCUT2D eigenvalue weighted by Crippen LogP contribution is -2.21. The average Bonchev–Trinajstić information content (AvgIpc) is 2.81. The van der Waals surface area contributed by atoms with E-state index in [1.165, 1.54) is 5.56 Å². The summed E-state index contributed by atoms with van der Waals surface area (Å²) in [6.45, 7) is 4.98. The monoisotopic (exact) mass is 263 g/mol. The number of rotatable bonds is 4. The van der Waals surface area contributed by atoms with Gasteiger partial charge in [0.15, 0.2) is 0 Å². The van der Waals surface area contributed by atoms with Crippen LogP contribution in [-0.4, -0.2) is 16.8 Å². The highest BCUT2D eigenvalue weighted by Crippen LogP contribution is 2.28. The Hall–Kier alpha value is -1.32. The Balaban J connectivity index is 2.45. The standard InChI is InChI=1S/C14H18ClN3/c1-4-18-13(7-8-17-18)14(16-3)11-6-5-10(2)9-12(11)15/h5-9,14,16H,4H2,1-3H3. The van der Waals surface area contributed by atoms with Crippen LogP contribution >= 0.6 is 11.6 Å². The normalized spacial score (nSPS) is 12.7. The van der Waals surface area contributed by atoms with E-state index in [2.05, 4.69) is 29.5 Å². The zero-order valence-corrected chi connectivity index (χ0v) is 11.7. The Morgan fingerprint density at radius 1 is 1.39 bits per heavy atom. The lowest BCUT2D eigenvalue weighted by atomic mass is 10.0. The summed E-state index contributed by atoms with van der Waals surface area (Å²) in [5.74, 6) is 0. The maximum atomic E-state index is 6.35. The minimum Gasteiger partial charge on any atom is -0.308 e. The van der Waals surface area contributed by atoms with E-state index in [0.717, 1.165) is 22.8 Å². The van der Waals surface area contributed by atoms with Crippen LogP contribution in [0, 0.1) is 6.92 Å². The molecule has 0 fully saturated rings. The van der Waals surface area contributed by atoms with Crippen molar-refractivity contribution < 1.29 is 0 Å². The van der Waals surface area contributed by atoms with E-state index < -0.39 is 0 Å². The molecule has 0 aliphatic carbocycles. The second kappa shape index (κ2) is 5.55. The number of hydrogen-bond acceptors (Lipinski definition) is 2. The second-order valence-corrected chi connectivity index (χ2v) is 4.73. The molecule has 1 aromatic heterocycles. The molecule has 0 spiro atoms. The molecular formula is C14H18ClN3. The van der Waals surface area contributed by atoms with E-state index in [-0.39, 0.29) is 6.04 Å². The third-order valence-corrected chi connectivity index (χ3v) is 3.43. The first-order valence-electron chi connectivity index (χ1n) is 6.12. The summed E-state index contributed by atoms with van der Waals surface area (Å²) >= 11 is 6.35. The van der Waals surface area contributed by atoms with Crippen LogP contribution in [0.1, 0.15) is 29.8 Å². The van der Waals surface area contributed by atoms with Gasteiger partial charge in [-0.15, -0.1) is 0 Å². The molecule has 0 radical (unpaired) electrons. The van der Waals surface area contributed by atoms with Gasteiger partial charge in [-0.05, 0) is 44.2 Å². The lowest BCUT2D eigenvalue weighted by Gasteiger charge is -2.19. The number of halogens is 1. The van der Waals surface area contributed by atoms with Gasteiger partial charge in [0, 0.05) is 17.8 Å². The van der Waals surface area contributed by atoms with Crippen LogP contribution in [-0.2, 0) is 6.54 Å². The molecule has 2 aromatic rings. The largest absolute Gasteiger partial charge is 0.308 e. The predicted octanol–water partition coefficient (Wildman–Crippen LogP) is 3.17. The van der Waals surface area contributed by atoms with Crippen molar-refractivity contribution in [2.24, 2.45) is 0 Å². The zero-order chi connectivity index (χ0) is 13.1. The van der Waals surface area contributed by atoms with Crippen molar-refractivity contribution in [2.75, 3.05) is 7.05 Å². The molecule has 0 aliphatic rings. The number of aryl methyl sites for hydroxylation is 2. The van der Waals surface area contributed by atoms with E-state index in [1.54, 1.807) is 0 Å². The summed E-state index contributed by atoms with van der Waals surface area (Å²) in [6.07, 6.45) is 1.82. The first-order chi connectivity index (χ1) is 8.67. The number of benzene rings is 1. The first kappa shape index (κ1) is 13.1. The van der Waals surface area contributed by atoms with Crippen molar-refractivity contribution in [3.63, 3.8) is 0 Å². The number of aromatic nitrogens is 2. The Morgan fingerprint density at radius 3 is 2.78 bits per heavy atom. The molecule has 96 valence electrons. The van der Waals surface area contributed by atoms with Gasteiger partial charge in [0.1, 0.15) is 0 Å². The topological polar surface area (TPSA) is 29.9 Å². The molecule has 1 heterocycles. The molecule has 18 heavy (non-hydrogen) atoms. The fourth-order valence-corrected chi connectivity index (χ4v) is 2.53. The van der Waals surface area contributed by atoms with Crippen LogP contribution in [0.2, 0.25) is 5.02 Å². The SMILES string of the molecule is CCn1nccc1C(NC)c1ccc(C)cc1Cl. The molecule has 2 rings (SSSR count). The van der Waals surface area contributed by atoms with Gasteiger partial charge in [-0.3, -0.25) is 4.68 Å².